The number of thiophene rings is 1. The Kier molecular flexibility index (Phi) is 5.24. The van der Waals surface area contributed by atoms with Crippen LogP contribution in [0.5, 0.6) is 0 Å². The fourth-order valence-corrected chi connectivity index (χ4v) is 3.00. The predicted octanol–water partition coefficient (Wildman–Crippen LogP) is 2.19. The van der Waals surface area contributed by atoms with Crippen LogP contribution in [0.4, 0.5) is 0 Å². The number of hydrogen-bond acceptors (Lipinski definition) is 5. The number of pyridine rings is 1. The van der Waals surface area contributed by atoms with E-state index < -0.39 is 5.97 Å². The average molecular weight is 320 g/mol. The molecule has 0 radical (unpaired) electrons. The highest BCUT2D eigenvalue weighted by molar-refractivity contribution is 7.15. The average Bonchev–Trinajstić information content (AvgIpc) is 2.89. The van der Waals surface area contributed by atoms with Gasteiger partial charge >= 0.3 is 5.97 Å². The summed E-state index contributed by atoms with van der Waals surface area (Å²) in [5.41, 5.74) is 1.14. The van der Waals surface area contributed by atoms with Crippen molar-refractivity contribution in [3.63, 3.8) is 0 Å². The molecule has 0 aliphatic carbocycles. The van der Waals surface area contributed by atoms with Crippen LogP contribution in [0.2, 0.25) is 0 Å². The fourth-order valence-electron chi connectivity index (χ4n) is 1.96. The molecule has 0 bridgehead atoms. The number of ether oxygens (including phenoxy) is 1. The molecule has 116 valence electrons. The van der Waals surface area contributed by atoms with E-state index in [9.17, 15) is 9.59 Å². The van der Waals surface area contributed by atoms with Gasteiger partial charge in [-0.15, -0.1) is 11.3 Å². The van der Waals surface area contributed by atoms with Gasteiger partial charge in [-0.25, -0.2) is 4.79 Å². The number of carboxylic acid groups (broad SMARTS) is 1. The molecule has 22 heavy (non-hydrogen) atoms. The maximum atomic E-state index is 12.2. The summed E-state index contributed by atoms with van der Waals surface area (Å²) in [6.45, 7) is 2.54. The molecule has 0 unspecified atom stereocenters. The van der Waals surface area contributed by atoms with Crippen LogP contribution in [0.25, 0.3) is 10.4 Å². The third-order valence-corrected chi connectivity index (χ3v) is 4.11. The van der Waals surface area contributed by atoms with Gasteiger partial charge in [0.05, 0.1) is 12.2 Å². The van der Waals surface area contributed by atoms with Crippen LogP contribution in [-0.2, 0) is 4.74 Å². The van der Waals surface area contributed by atoms with Crippen LogP contribution in [0.1, 0.15) is 25.7 Å². The van der Waals surface area contributed by atoms with Crippen molar-refractivity contribution >= 4 is 23.2 Å². The Morgan fingerprint density at radius 2 is 2.23 bits per heavy atom. The third-order valence-electron chi connectivity index (χ3n) is 3.03. The normalized spacial score (nSPS) is 10.5. The highest BCUT2D eigenvalue weighted by Gasteiger charge is 2.18. The molecule has 0 fully saturated rings. The standard InChI is InChI=1S/C15H16N2O4S/c1-9-11(15(19)20)8-12(22-9)10-4-3-5-16-13(10)14(18)17-6-7-21-2/h3-5,8H,6-7H2,1-2H3,(H,17,18)(H,19,20). The Hall–Kier alpha value is -2.25. The van der Waals surface area contributed by atoms with Gasteiger partial charge in [0.15, 0.2) is 0 Å². The first-order valence-electron chi connectivity index (χ1n) is 6.61. The van der Waals surface area contributed by atoms with Crippen molar-refractivity contribution in [2.24, 2.45) is 0 Å². The molecule has 2 N–H and O–H groups in total. The number of aromatic carboxylic acids is 1. The van der Waals surface area contributed by atoms with Crippen molar-refractivity contribution in [2.75, 3.05) is 20.3 Å². The lowest BCUT2D eigenvalue weighted by atomic mass is 10.1. The number of carbonyl (C=O) groups is 2. The second-order valence-electron chi connectivity index (χ2n) is 4.53. The van der Waals surface area contributed by atoms with Gasteiger partial charge in [0.25, 0.3) is 5.91 Å². The first kappa shape index (κ1) is 16.1. The molecule has 0 aliphatic rings. The molecular formula is C15H16N2O4S. The van der Waals surface area contributed by atoms with Gasteiger partial charge in [-0.1, -0.05) is 0 Å². The van der Waals surface area contributed by atoms with E-state index in [1.165, 1.54) is 17.5 Å². The molecule has 6 nitrogen and oxygen atoms in total. The Labute approximate surface area is 131 Å². The van der Waals surface area contributed by atoms with E-state index in [-0.39, 0.29) is 17.2 Å². The molecule has 0 spiro atoms. The lowest BCUT2D eigenvalue weighted by Gasteiger charge is -2.07. The molecule has 0 atom stereocenters. The topological polar surface area (TPSA) is 88.5 Å². The summed E-state index contributed by atoms with van der Waals surface area (Å²) in [6.07, 6.45) is 1.54. The summed E-state index contributed by atoms with van der Waals surface area (Å²) < 4.78 is 4.89. The lowest BCUT2D eigenvalue weighted by Crippen LogP contribution is -2.28. The number of nitrogens with one attached hydrogen (secondary N) is 1. The van der Waals surface area contributed by atoms with Crippen LogP contribution in [0.3, 0.4) is 0 Å². The number of carboxylic acids is 1. The molecule has 2 rings (SSSR count). The summed E-state index contributed by atoms with van der Waals surface area (Å²) in [6, 6.07) is 5.05. The van der Waals surface area contributed by atoms with Crippen LogP contribution in [0, 0.1) is 6.92 Å². The largest absolute Gasteiger partial charge is 0.478 e. The summed E-state index contributed by atoms with van der Waals surface area (Å²) >= 11 is 1.33. The minimum absolute atomic E-state index is 0.245. The van der Waals surface area contributed by atoms with Crippen molar-refractivity contribution in [1.29, 1.82) is 0 Å². The van der Waals surface area contributed by atoms with E-state index in [0.717, 1.165) is 0 Å². The Bertz CT molecular complexity index is 697. The monoisotopic (exact) mass is 320 g/mol. The Balaban J connectivity index is 2.34. The van der Waals surface area contributed by atoms with Crippen molar-refractivity contribution in [3.05, 3.63) is 40.5 Å². The molecule has 0 aliphatic heterocycles. The van der Waals surface area contributed by atoms with Crippen molar-refractivity contribution < 1.29 is 19.4 Å². The highest BCUT2D eigenvalue weighted by atomic mass is 32.1. The van der Waals surface area contributed by atoms with Crippen molar-refractivity contribution in [2.45, 2.75) is 6.92 Å². The van der Waals surface area contributed by atoms with E-state index in [1.54, 1.807) is 32.2 Å². The molecule has 2 heterocycles. The smallest absolute Gasteiger partial charge is 0.336 e. The summed E-state index contributed by atoms with van der Waals surface area (Å²) in [5.74, 6) is -1.29. The summed E-state index contributed by atoms with van der Waals surface area (Å²) in [5, 5.41) is 11.9. The molecular weight excluding hydrogens is 304 g/mol. The number of rotatable bonds is 6. The highest BCUT2D eigenvalue weighted by Crippen LogP contribution is 2.32. The SMILES string of the molecule is COCCNC(=O)c1ncccc1-c1cc(C(=O)O)c(C)s1. The summed E-state index contributed by atoms with van der Waals surface area (Å²) in [7, 11) is 1.56. The zero-order valence-corrected chi connectivity index (χ0v) is 13.1. The number of hydrogen-bond donors (Lipinski definition) is 2. The van der Waals surface area contributed by atoms with Gasteiger partial charge < -0.3 is 15.2 Å². The van der Waals surface area contributed by atoms with E-state index in [1.807, 2.05) is 0 Å². The van der Waals surface area contributed by atoms with E-state index >= 15 is 0 Å². The van der Waals surface area contributed by atoms with Crippen LogP contribution in [0.15, 0.2) is 24.4 Å². The minimum Gasteiger partial charge on any atom is -0.478 e. The van der Waals surface area contributed by atoms with Gasteiger partial charge in [-0.05, 0) is 25.1 Å². The van der Waals surface area contributed by atoms with Crippen LogP contribution in [-0.4, -0.2) is 42.2 Å². The van der Waals surface area contributed by atoms with Gasteiger partial charge in [0.1, 0.15) is 5.69 Å². The fraction of sp³-hybridized carbons (Fsp3) is 0.267. The summed E-state index contributed by atoms with van der Waals surface area (Å²) in [4.78, 5) is 28.9. The number of amides is 1. The quantitative estimate of drug-likeness (QED) is 0.797. The molecule has 0 saturated carbocycles. The van der Waals surface area contributed by atoms with Gasteiger partial charge in [-0.3, -0.25) is 9.78 Å². The number of nitrogens with zero attached hydrogens (tertiary/aromatic N) is 1. The Morgan fingerprint density at radius 3 is 2.86 bits per heavy atom. The number of carbonyl (C=O) groups excluding carboxylic acids is 1. The predicted molar refractivity (Wildman–Crippen MR) is 83.5 cm³/mol. The molecule has 1 amide bonds. The van der Waals surface area contributed by atoms with E-state index in [4.69, 9.17) is 9.84 Å². The Morgan fingerprint density at radius 1 is 1.45 bits per heavy atom. The molecule has 7 heteroatoms. The minimum atomic E-state index is -0.977. The number of aromatic nitrogens is 1. The number of aryl methyl sites for hydroxylation is 1. The molecule has 2 aromatic heterocycles. The lowest BCUT2D eigenvalue weighted by molar-refractivity contribution is 0.0696. The molecule has 0 aromatic carbocycles. The molecule has 2 aromatic rings. The second-order valence-corrected chi connectivity index (χ2v) is 5.79. The van der Waals surface area contributed by atoms with Gasteiger partial charge in [0.2, 0.25) is 0 Å². The van der Waals surface area contributed by atoms with Crippen molar-refractivity contribution in [1.82, 2.24) is 10.3 Å². The van der Waals surface area contributed by atoms with E-state index in [0.29, 0.717) is 28.5 Å². The maximum Gasteiger partial charge on any atom is 0.336 e. The maximum absolute atomic E-state index is 12.2. The second kappa shape index (κ2) is 7.15. The van der Waals surface area contributed by atoms with Crippen LogP contribution < -0.4 is 5.32 Å². The number of methoxy groups -OCH3 is 1. The third kappa shape index (κ3) is 3.49. The van der Waals surface area contributed by atoms with Gasteiger partial charge in [0, 0.05) is 35.2 Å². The zero-order valence-electron chi connectivity index (χ0n) is 12.3. The first-order valence-corrected chi connectivity index (χ1v) is 7.42. The van der Waals surface area contributed by atoms with Crippen molar-refractivity contribution in [3.8, 4) is 10.4 Å². The first-order chi connectivity index (χ1) is 10.5. The molecule has 0 saturated heterocycles. The van der Waals surface area contributed by atoms with Crippen LogP contribution >= 0.6 is 11.3 Å². The zero-order chi connectivity index (χ0) is 16.1. The van der Waals surface area contributed by atoms with E-state index in [2.05, 4.69) is 10.3 Å². The van der Waals surface area contributed by atoms with Gasteiger partial charge in [-0.2, -0.15) is 0 Å².